The van der Waals surface area contributed by atoms with Gasteiger partial charge in [0.15, 0.2) is 12.2 Å². The van der Waals surface area contributed by atoms with E-state index < -0.39 is 0 Å². The number of aryl methyl sites for hydroxylation is 2. The molecule has 4 aromatic rings. The second kappa shape index (κ2) is 7.97. The number of oxazole rings is 1. The molecule has 29 heavy (non-hydrogen) atoms. The van der Waals surface area contributed by atoms with Gasteiger partial charge in [-0.3, -0.25) is 4.79 Å². The molecule has 5 nitrogen and oxygen atoms in total. The second-order valence-electron chi connectivity index (χ2n) is 6.84. The van der Waals surface area contributed by atoms with E-state index >= 15 is 0 Å². The number of benzene rings is 3. The number of amides is 1. The van der Waals surface area contributed by atoms with Gasteiger partial charge in [-0.1, -0.05) is 29.8 Å². The Hall–Kier alpha value is -3.31. The Bertz CT molecular complexity index is 1180. The zero-order valence-corrected chi connectivity index (χ0v) is 16.8. The zero-order valence-electron chi connectivity index (χ0n) is 16.0. The summed E-state index contributed by atoms with van der Waals surface area (Å²) in [6.07, 6.45) is 0. The van der Waals surface area contributed by atoms with Crippen LogP contribution in [0.3, 0.4) is 0 Å². The van der Waals surface area contributed by atoms with Crippen LogP contribution >= 0.6 is 11.6 Å². The number of halogens is 1. The van der Waals surface area contributed by atoms with E-state index in [0.717, 1.165) is 16.7 Å². The van der Waals surface area contributed by atoms with Crippen molar-refractivity contribution in [3.05, 3.63) is 76.8 Å². The van der Waals surface area contributed by atoms with E-state index in [2.05, 4.69) is 16.4 Å². The molecule has 1 heterocycles. The molecule has 0 radical (unpaired) electrons. The molecule has 4 rings (SSSR count). The first kappa shape index (κ1) is 19.0. The average Bonchev–Trinajstić information content (AvgIpc) is 3.09. The quantitative estimate of drug-likeness (QED) is 0.456. The molecule has 1 aromatic heterocycles. The number of nitrogens with zero attached hydrogens (tertiary/aromatic N) is 1. The standard InChI is InChI=1S/C23H19ClN2O3/c1-14-9-15(2)11-17(10-14)28-13-22(27)25-16-7-8-21-20(12-16)26-23(29-21)18-5-3-4-6-19(18)24/h3-12H,13H2,1-2H3,(H,25,27). The number of nitrogens with one attached hydrogen (secondary N) is 1. The summed E-state index contributed by atoms with van der Waals surface area (Å²) in [5.74, 6) is 0.861. The normalized spacial score (nSPS) is 10.9. The Labute approximate surface area is 173 Å². The summed E-state index contributed by atoms with van der Waals surface area (Å²) in [7, 11) is 0. The van der Waals surface area contributed by atoms with Crippen molar-refractivity contribution in [2.45, 2.75) is 13.8 Å². The van der Waals surface area contributed by atoms with Gasteiger partial charge < -0.3 is 14.5 Å². The van der Waals surface area contributed by atoms with Gasteiger partial charge in [0, 0.05) is 5.69 Å². The van der Waals surface area contributed by atoms with Gasteiger partial charge in [-0.25, -0.2) is 4.98 Å². The van der Waals surface area contributed by atoms with Crippen LogP contribution in [0.15, 0.2) is 65.1 Å². The van der Waals surface area contributed by atoms with Crippen LogP contribution in [0, 0.1) is 13.8 Å². The third kappa shape index (κ3) is 4.41. The molecule has 0 fully saturated rings. The monoisotopic (exact) mass is 406 g/mol. The van der Waals surface area contributed by atoms with Gasteiger partial charge in [0.2, 0.25) is 5.89 Å². The van der Waals surface area contributed by atoms with E-state index in [1.165, 1.54) is 0 Å². The smallest absolute Gasteiger partial charge is 0.262 e. The van der Waals surface area contributed by atoms with E-state index in [4.69, 9.17) is 20.8 Å². The van der Waals surface area contributed by atoms with Gasteiger partial charge in [-0.05, 0) is 67.4 Å². The van der Waals surface area contributed by atoms with Gasteiger partial charge in [0.05, 0.1) is 10.6 Å². The van der Waals surface area contributed by atoms with Crippen molar-refractivity contribution in [2.75, 3.05) is 11.9 Å². The molecular weight excluding hydrogens is 388 g/mol. The molecule has 0 saturated heterocycles. The number of hydrogen-bond donors (Lipinski definition) is 1. The summed E-state index contributed by atoms with van der Waals surface area (Å²) in [5, 5.41) is 3.39. The van der Waals surface area contributed by atoms with Crippen LogP contribution in [-0.2, 0) is 4.79 Å². The van der Waals surface area contributed by atoms with Crippen LogP contribution in [0.2, 0.25) is 5.02 Å². The molecule has 3 aromatic carbocycles. The number of hydrogen-bond acceptors (Lipinski definition) is 4. The number of rotatable bonds is 5. The summed E-state index contributed by atoms with van der Waals surface area (Å²) in [5.41, 5.74) is 4.76. The second-order valence-corrected chi connectivity index (χ2v) is 7.25. The lowest BCUT2D eigenvalue weighted by Crippen LogP contribution is -2.20. The predicted molar refractivity (Wildman–Crippen MR) is 114 cm³/mol. The highest BCUT2D eigenvalue weighted by Crippen LogP contribution is 2.30. The van der Waals surface area contributed by atoms with Crippen LogP contribution in [0.5, 0.6) is 5.75 Å². The molecular formula is C23H19ClN2O3. The Balaban J connectivity index is 1.46. The Kier molecular flexibility index (Phi) is 5.23. The fourth-order valence-corrected chi connectivity index (χ4v) is 3.33. The third-order valence-electron chi connectivity index (χ3n) is 4.34. The highest BCUT2D eigenvalue weighted by Gasteiger charge is 2.12. The maximum absolute atomic E-state index is 12.3. The molecule has 0 unspecified atom stereocenters. The molecule has 0 aliphatic rings. The number of anilines is 1. The van der Waals surface area contributed by atoms with Gasteiger partial charge in [0.1, 0.15) is 11.3 Å². The van der Waals surface area contributed by atoms with Crippen molar-refractivity contribution in [3.63, 3.8) is 0 Å². The van der Waals surface area contributed by atoms with E-state index in [-0.39, 0.29) is 12.5 Å². The first-order valence-corrected chi connectivity index (χ1v) is 9.52. The van der Waals surface area contributed by atoms with Crippen LogP contribution < -0.4 is 10.1 Å². The molecule has 0 spiro atoms. The minimum absolute atomic E-state index is 0.0788. The fourth-order valence-electron chi connectivity index (χ4n) is 3.12. The first-order chi connectivity index (χ1) is 14.0. The number of aromatic nitrogens is 1. The van der Waals surface area contributed by atoms with E-state index in [0.29, 0.717) is 33.4 Å². The molecule has 0 aliphatic heterocycles. The van der Waals surface area contributed by atoms with Gasteiger partial charge in [0.25, 0.3) is 5.91 Å². The summed E-state index contributed by atoms with van der Waals surface area (Å²) in [6, 6.07) is 18.5. The largest absolute Gasteiger partial charge is 0.484 e. The fraction of sp³-hybridized carbons (Fsp3) is 0.130. The molecule has 0 atom stereocenters. The molecule has 0 saturated carbocycles. The molecule has 1 N–H and O–H groups in total. The van der Waals surface area contributed by atoms with Crippen molar-refractivity contribution in [1.29, 1.82) is 0 Å². The number of carbonyl (C=O) groups excluding carboxylic acids is 1. The molecule has 0 aliphatic carbocycles. The maximum Gasteiger partial charge on any atom is 0.262 e. The average molecular weight is 407 g/mol. The third-order valence-corrected chi connectivity index (χ3v) is 4.67. The number of carbonyl (C=O) groups is 1. The number of ether oxygens (including phenoxy) is 1. The molecule has 0 bridgehead atoms. The first-order valence-electron chi connectivity index (χ1n) is 9.14. The topological polar surface area (TPSA) is 64.4 Å². The van der Waals surface area contributed by atoms with Crippen LogP contribution in [0.1, 0.15) is 11.1 Å². The lowest BCUT2D eigenvalue weighted by Gasteiger charge is -2.09. The summed E-state index contributed by atoms with van der Waals surface area (Å²) >= 11 is 6.22. The summed E-state index contributed by atoms with van der Waals surface area (Å²) < 4.78 is 11.4. The van der Waals surface area contributed by atoms with Crippen molar-refractivity contribution < 1.29 is 13.9 Å². The number of fused-ring (bicyclic) bond motifs is 1. The minimum atomic E-state index is -0.252. The lowest BCUT2D eigenvalue weighted by atomic mass is 10.1. The van der Waals surface area contributed by atoms with Gasteiger partial charge in [-0.2, -0.15) is 0 Å². The summed E-state index contributed by atoms with van der Waals surface area (Å²) in [4.78, 5) is 16.8. The van der Waals surface area contributed by atoms with Crippen molar-refractivity contribution in [3.8, 4) is 17.2 Å². The maximum atomic E-state index is 12.3. The minimum Gasteiger partial charge on any atom is -0.484 e. The highest BCUT2D eigenvalue weighted by atomic mass is 35.5. The summed E-state index contributed by atoms with van der Waals surface area (Å²) in [6.45, 7) is 3.90. The van der Waals surface area contributed by atoms with Crippen molar-refractivity contribution in [2.24, 2.45) is 0 Å². The predicted octanol–water partition coefficient (Wildman–Crippen LogP) is 5.78. The van der Waals surface area contributed by atoms with Crippen LogP contribution in [0.25, 0.3) is 22.6 Å². The SMILES string of the molecule is Cc1cc(C)cc(OCC(=O)Nc2ccc3oc(-c4ccccc4Cl)nc3c2)c1. The Morgan fingerprint density at radius 2 is 1.83 bits per heavy atom. The van der Waals surface area contributed by atoms with Crippen LogP contribution in [0.4, 0.5) is 5.69 Å². The Morgan fingerprint density at radius 1 is 1.07 bits per heavy atom. The molecule has 6 heteroatoms. The Morgan fingerprint density at radius 3 is 2.59 bits per heavy atom. The lowest BCUT2D eigenvalue weighted by molar-refractivity contribution is -0.118. The van der Waals surface area contributed by atoms with Crippen molar-refractivity contribution in [1.82, 2.24) is 4.98 Å². The van der Waals surface area contributed by atoms with Crippen LogP contribution in [-0.4, -0.2) is 17.5 Å². The van der Waals surface area contributed by atoms with E-state index in [1.54, 1.807) is 24.3 Å². The van der Waals surface area contributed by atoms with Gasteiger partial charge in [-0.15, -0.1) is 0 Å². The molecule has 146 valence electrons. The van der Waals surface area contributed by atoms with E-state index in [1.807, 2.05) is 44.2 Å². The molecule has 1 amide bonds. The zero-order chi connectivity index (χ0) is 20.4. The van der Waals surface area contributed by atoms with E-state index in [9.17, 15) is 4.79 Å². The van der Waals surface area contributed by atoms with Crippen molar-refractivity contribution >= 4 is 34.3 Å². The van der Waals surface area contributed by atoms with Gasteiger partial charge >= 0.3 is 0 Å². The highest BCUT2D eigenvalue weighted by molar-refractivity contribution is 6.33.